The lowest BCUT2D eigenvalue weighted by Crippen LogP contribution is -2.51. The highest BCUT2D eigenvalue weighted by atomic mass is 16.2. The molecule has 1 heterocycles. The van der Waals surface area contributed by atoms with Crippen molar-refractivity contribution in [2.75, 3.05) is 11.9 Å². The Hall–Kier alpha value is -4.06. The number of aromatic nitrogens is 1. The number of urea groups is 1. The molecule has 1 aromatic heterocycles. The van der Waals surface area contributed by atoms with Gasteiger partial charge in [-0.1, -0.05) is 80.6 Å². The standard InChI is InChI=1S/C28H30N4O2/c1-19(2)26(32-28(34)31-21-13-7-4-8-14-21)27(33)30-17-23(20-11-5-3-6-12-20)24-18-29-25-16-10-9-15-22(24)25/h3-16,18-19,23,26,29H,17H2,1-2H3,(H,30,33)(H2,31,32,34). The van der Waals surface area contributed by atoms with Crippen LogP contribution < -0.4 is 16.0 Å². The maximum atomic E-state index is 13.2. The average Bonchev–Trinajstić information content (AvgIpc) is 3.28. The summed E-state index contributed by atoms with van der Waals surface area (Å²) in [6, 6.07) is 26.4. The number of aromatic amines is 1. The first kappa shape index (κ1) is 23.1. The molecule has 0 saturated carbocycles. The lowest BCUT2D eigenvalue weighted by atomic mass is 9.90. The summed E-state index contributed by atoms with van der Waals surface area (Å²) in [7, 11) is 0. The lowest BCUT2D eigenvalue weighted by Gasteiger charge is -2.24. The molecule has 0 bridgehead atoms. The Morgan fingerprint density at radius 2 is 1.50 bits per heavy atom. The second-order valence-corrected chi connectivity index (χ2v) is 8.68. The molecule has 0 fully saturated rings. The highest BCUT2D eigenvalue weighted by Gasteiger charge is 2.26. The Morgan fingerprint density at radius 3 is 2.21 bits per heavy atom. The number of para-hydroxylation sites is 2. The molecule has 2 atom stereocenters. The van der Waals surface area contributed by atoms with Gasteiger partial charge in [-0.05, 0) is 35.2 Å². The fourth-order valence-electron chi connectivity index (χ4n) is 4.15. The third-order valence-corrected chi connectivity index (χ3v) is 5.95. The number of fused-ring (bicyclic) bond motifs is 1. The van der Waals surface area contributed by atoms with Crippen molar-refractivity contribution in [3.8, 4) is 0 Å². The van der Waals surface area contributed by atoms with Crippen LogP contribution in [0.25, 0.3) is 10.9 Å². The van der Waals surface area contributed by atoms with Gasteiger partial charge in [-0.2, -0.15) is 0 Å². The van der Waals surface area contributed by atoms with Crippen LogP contribution in [-0.2, 0) is 4.79 Å². The molecule has 0 radical (unpaired) electrons. The van der Waals surface area contributed by atoms with Gasteiger partial charge in [0.2, 0.25) is 5.91 Å². The third kappa shape index (κ3) is 5.46. The molecule has 34 heavy (non-hydrogen) atoms. The summed E-state index contributed by atoms with van der Waals surface area (Å²) in [5.74, 6) is -0.323. The van der Waals surface area contributed by atoms with Crippen LogP contribution >= 0.6 is 0 Å². The van der Waals surface area contributed by atoms with Crippen molar-refractivity contribution in [1.29, 1.82) is 0 Å². The molecule has 4 aromatic rings. The van der Waals surface area contributed by atoms with Crippen LogP contribution in [0.5, 0.6) is 0 Å². The number of rotatable bonds is 8. The topological polar surface area (TPSA) is 86.0 Å². The van der Waals surface area contributed by atoms with Crippen LogP contribution in [-0.4, -0.2) is 29.5 Å². The van der Waals surface area contributed by atoms with Crippen molar-refractivity contribution in [2.45, 2.75) is 25.8 Å². The van der Waals surface area contributed by atoms with E-state index in [0.717, 1.165) is 22.0 Å². The van der Waals surface area contributed by atoms with E-state index in [2.05, 4.69) is 39.1 Å². The normalized spacial score (nSPS) is 12.8. The summed E-state index contributed by atoms with van der Waals surface area (Å²) < 4.78 is 0. The fourth-order valence-corrected chi connectivity index (χ4v) is 4.15. The Kier molecular flexibility index (Phi) is 7.28. The summed E-state index contributed by atoms with van der Waals surface area (Å²) in [6.45, 7) is 4.25. The fraction of sp³-hybridized carbons (Fsp3) is 0.214. The zero-order valence-electron chi connectivity index (χ0n) is 19.4. The maximum absolute atomic E-state index is 13.2. The van der Waals surface area contributed by atoms with Crippen molar-refractivity contribution in [1.82, 2.24) is 15.6 Å². The second-order valence-electron chi connectivity index (χ2n) is 8.68. The number of hydrogen-bond acceptors (Lipinski definition) is 2. The molecule has 4 rings (SSSR count). The molecule has 0 aliphatic carbocycles. The van der Waals surface area contributed by atoms with Crippen molar-refractivity contribution in [3.63, 3.8) is 0 Å². The van der Waals surface area contributed by atoms with Gasteiger partial charge < -0.3 is 20.9 Å². The minimum absolute atomic E-state index is 0.0349. The summed E-state index contributed by atoms with van der Waals surface area (Å²) in [6.07, 6.45) is 2.01. The van der Waals surface area contributed by atoms with E-state index in [4.69, 9.17) is 0 Å². The zero-order valence-corrected chi connectivity index (χ0v) is 19.4. The van der Waals surface area contributed by atoms with Gasteiger partial charge in [-0.15, -0.1) is 0 Å². The summed E-state index contributed by atoms with van der Waals surface area (Å²) in [5.41, 5.74) is 3.97. The summed E-state index contributed by atoms with van der Waals surface area (Å²) in [5, 5.41) is 9.83. The molecule has 6 heteroatoms. The second kappa shape index (κ2) is 10.7. The molecule has 3 aromatic carbocycles. The minimum atomic E-state index is -0.664. The van der Waals surface area contributed by atoms with E-state index in [9.17, 15) is 9.59 Å². The predicted molar refractivity (Wildman–Crippen MR) is 137 cm³/mol. The highest BCUT2D eigenvalue weighted by molar-refractivity contribution is 5.94. The predicted octanol–water partition coefficient (Wildman–Crippen LogP) is 5.26. The molecule has 3 amide bonds. The molecule has 6 nitrogen and oxygen atoms in total. The first-order valence-corrected chi connectivity index (χ1v) is 11.5. The highest BCUT2D eigenvalue weighted by Crippen LogP contribution is 2.30. The van der Waals surface area contributed by atoms with Crippen LogP contribution in [0, 0.1) is 5.92 Å². The quantitative estimate of drug-likeness (QED) is 0.293. The molecule has 0 aliphatic rings. The SMILES string of the molecule is CC(C)C(NC(=O)Nc1ccccc1)C(=O)NCC(c1ccccc1)c1c[nH]c2ccccc12. The first-order valence-electron chi connectivity index (χ1n) is 11.5. The van der Waals surface area contributed by atoms with E-state index in [-0.39, 0.29) is 17.7 Å². The number of carbonyl (C=O) groups is 2. The molecule has 2 unspecified atom stereocenters. The van der Waals surface area contributed by atoms with Gasteiger partial charge >= 0.3 is 6.03 Å². The molecule has 4 N–H and O–H groups in total. The van der Waals surface area contributed by atoms with E-state index >= 15 is 0 Å². The Balaban J connectivity index is 1.49. The van der Waals surface area contributed by atoms with Gasteiger partial charge in [-0.25, -0.2) is 4.79 Å². The summed E-state index contributed by atoms with van der Waals surface area (Å²) >= 11 is 0. The Morgan fingerprint density at radius 1 is 0.853 bits per heavy atom. The van der Waals surface area contributed by atoms with Crippen molar-refractivity contribution in [2.24, 2.45) is 5.92 Å². The van der Waals surface area contributed by atoms with Gasteiger partial charge in [0.1, 0.15) is 6.04 Å². The molecule has 0 saturated heterocycles. The van der Waals surface area contributed by atoms with Crippen LogP contribution in [0.15, 0.2) is 91.1 Å². The number of nitrogens with one attached hydrogen (secondary N) is 4. The van der Waals surface area contributed by atoms with Gasteiger partial charge in [-0.3, -0.25) is 4.79 Å². The van der Waals surface area contributed by atoms with E-state index in [1.165, 1.54) is 0 Å². The largest absolute Gasteiger partial charge is 0.361 e. The Labute approximate surface area is 199 Å². The third-order valence-electron chi connectivity index (χ3n) is 5.95. The zero-order chi connectivity index (χ0) is 23.9. The van der Waals surface area contributed by atoms with Crippen molar-refractivity contribution < 1.29 is 9.59 Å². The molecule has 0 spiro atoms. The number of anilines is 1. The Bertz CT molecular complexity index is 1240. The molecule has 174 valence electrons. The first-order chi connectivity index (χ1) is 16.5. The van der Waals surface area contributed by atoms with E-state index in [1.54, 1.807) is 12.1 Å². The minimum Gasteiger partial charge on any atom is -0.361 e. The monoisotopic (exact) mass is 454 g/mol. The van der Waals surface area contributed by atoms with Crippen molar-refractivity contribution >= 4 is 28.5 Å². The van der Waals surface area contributed by atoms with Gasteiger partial charge in [0.25, 0.3) is 0 Å². The number of H-pyrrole nitrogens is 1. The van der Waals surface area contributed by atoms with Gasteiger partial charge in [0.05, 0.1) is 0 Å². The molecular formula is C28H30N4O2. The van der Waals surface area contributed by atoms with E-state index < -0.39 is 12.1 Å². The van der Waals surface area contributed by atoms with Crippen LogP contribution in [0.3, 0.4) is 0 Å². The smallest absolute Gasteiger partial charge is 0.319 e. The average molecular weight is 455 g/mol. The van der Waals surface area contributed by atoms with Gasteiger partial charge in [0, 0.05) is 35.2 Å². The number of carbonyl (C=O) groups excluding carboxylic acids is 2. The summed E-state index contributed by atoms with van der Waals surface area (Å²) in [4.78, 5) is 29.0. The van der Waals surface area contributed by atoms with Crippen LogP contribution in [0.1, 0.15) is 30.9 Å². The number of amides is 3. The van der Waals surface area contributed by atoms with Crippen LogP contribution in [0.2, 0.25) is 0 Å². The van der Waals surface area contributed by atoms with Crippen molar-refractivity contribution in [3.05, 3.63) is 102 Å². The van der Waals surface area contributed by atoms with E-state index in [0.29, 0.717) is 12.2 Å². The van der Waals surface area contributed by atoms with Crippen LogP contribution in [0.4, 0.5) is 10.5 Å². The lowest BCUT2D eigenvalue weighted by molar-refractivity contribution is -0.123. The van der Waals surface area contributed by atoms with E-state index in [1.807, 2.05) is 74.6 Å². The maximum Gasteiger partial charge on any atom is 0.319 e. The number of hydrogen-bond donors (Lipinski definition) is 4. The molecule has 0 aliphatic heterocycles. The van der Waals surface area contributed by atoms with Gasteiger partial charge in [0.15, 0.2) is 0 Å². The number of benzene rings is 3. The molecular weight excluding hydrogens is 424 g/mol.